The molecule has 0 aliphatic heterocycles. The Kier molecular flexibility index (Phi) is 4.10. The molecule has 1 aromatic carbocycles. The lowest BCUT2D eigenvalue weighted by molar-refractivity contribution is -0.139. The highest BCUT2D eigenvalue weighted by molar-refractivity contribution is 5.66. The van der Waals surface area contributed by atoms with Gasteiger partial charge in [0.25, 0.3) is 0 Å². The molecule has 0 amide bonds. The van der Waals surface area contributed by atoms with Gasteiger partial charge in [0.15, 0.2) is 0 Å². The van der Waals surface area contributed by atoms with Gasteiger partial charge in [-0.15, -0.1) is 0 Å². The minimum atomic E-state index is -0.244. The van der Waals surface area contributed by atoms with E-state index < -0.39 is 0 Å². The van der Waals surface area contributed by atoms with Crippen LogP contribution in [-0.2, 0) is 9.53 Å². The fraction of sp³-hybridized carbons (Fsp3) is 0.308. The summed E-state index contributed by atoms with van der Waals surface area (Å²) in [5.74, 6) is -0.244. The normalized spacial score (nSPS) is 11.3. The van der Waals surface area contributed by atoms with Crippen molar-refractivity contribution in [1.82, 2.24) is 0 Å². The molecule has 0 unspecified atom stereocenters. The van der Waals surface area contributed by atoms with Crippen LogP contribution in [0.4, 0.5) is 0 Å². The van der Waals surface area contributed by atoms with Gasteiger partial charge in [-0.3, -0.25) is 4.79 Å². The number of rotatable bonds is 3. The summed E-state index contributed by atoms with van der Waals surface area (Å²) in [6.07, 6.45) is 2.02. The molecule has 15 heavy (non-hydrogen) atoms. The SMILES string of the molecule is CC(=O)OCC(C)=Cc1cccc(C)c1. The fourth-order valence-electron chi connectivity index (χ4n) is 1.30. The Bertz CT molecular complexity index is 378. The molecule has 0 N–H and O–H groups in total. The lowest BCUT2D eigenvalue weighted by atomic mass is 10.1. The first-order valence-electron chi connectivity index (χ1n) is 4.95. The molecule has 0 spiro atoms. The molecule has 0 saturated carbocycles. The third-order valence-electron chi connectivity index (χ3n) is 1.96. The Morgan fingerprint density at radius 3 is 2.73 bits per heavy atom. The second-order valence-corrected chi connectivity index (χ2v) is 3.69. The monoisotopic (exact) mass is 204 g/mol. The van der Waals surface area contributed by atoms with Crippen LogP contribution in [0.1, 0.15) is 25.0 Å². The maximum absolute atomic E-state index is 10.6. The number of carbonyl (C=O) groups excluding carboxylic acids is 1. The van der Waals surface area contributed by atoms with Crippen LogP contribution in [0.2, 0.25) is 0 Å². The van der Waals surface area contributed by atoms with Crippen LogP contribution in [-0.4, -0.2) is 12.6 Å². The highest BCUT2D eigenvalue weighted by atomic mass is 16.5. The summed E-state index contributed by atoms with van der Waals surface area (Å²) in [5.41, 5.74) is 3.40. The molecule has 0 fully saturated rings. The predicted molar refractivity (Wildman–Crippen MR) is 61.5 cm³/mol. The number of aryl methyl sites for hydroxylation is 1. The molecule has 1 aromatic rings. The van der Waals surface area contributed by atoms with Crippen LogP contribution in [0.25, 0.3) is 6.08 Å². The van der Waals surface area contributed by atoms with E-state index in [2.05, 4.69) is 19.1 Å². The maximum Gasteiger partial charge on any atom is 0.302 e. The minimum Gasteiger partial charge on any atom is -0.461 e. The Morgan fingerprint density at radius 2 is 2.13 bits per heavy atom. The number of hydrogen-bond donors (Lipinski definition) is 0. The molecular formula is C13H16O2. The van der Waals surface area contributed by atoms with E-state index in [0.29, 0.717) is 6.61 Å². The van der Waals surface area contributed by atoms with Crippen molar-refractivity contribution in [3.8, 4) is 0 Å². The summed E-state index contributed by atoms with van der Waals surface area (Å²) in [5, 5.41) is 0. The maximum atomic E-state index is 10.6. The van der Waals surface area contributed by atoms with Crippen molar-refractivity contribution in [3.63, 3.8) is 0 Å². The second kappa shape index (κ2) is 5.35. The molecule has 80 valence electrons. The van der Waals surface area contributed by atoms with E-state index in [4.69, 9.17) is 4.74 Å². The van der Waals surface area contributed by atoms with Gasteiger partial charge in [-0.2, -0.15) is 0 Å². The molecule has 2 heteroatoms. The molecule has 0 aromatic heterocycles. The number of ether oxygens (including phenoxy) is 1. The zero-order valence-corrected chi connectivity index (χ0v) is 9.41. The van der Waals surface area contributed by atoms with Crippen LogP contribution in [0.15, 0.2) is 29.8 Å². The molecule has 0 aliphatic rings. The standard InChI is InChI=1S/C13H16O2/c1-10-5-4-6-13(7-10)8-11(2)9-15-12(3)14/h4-8H,9H2,1-3H3. The lowest BCUT2D eigenvalue weighted by Gasteiger charge is -2.02. The molecule has 1 rings (SSSR count). The van der Waals surface area contributed by atoms with Crippen molar-refractivity contribution in [2.45, 2.75) is 20.8 Å². The molecule has 0 heterocycles. The Hall–Kier alpha value is -1.57. The Morgan fingerprint density at radius 1 is 1.40 bits per heavy atom. The third kappa shape index (κ3) is 4.45. The lowest BCUT2D eigenvalue weighted by Crippen LogP contribution is -2.01. The van der Waals surface area contributed by atoms with Gasteiger partial charge in [0.2, 0.25) is 0 Å². The van der Waals surface area contributed by atoms with E-state index >= 15 is 0 Å². The van der Waals surface area contributed by atoms with E-state index in [1.165, 1.54) is 12.5 Å². The first kappa shape index (κ1) is 11.5. The van der Waals surface area contributed by atoms with Crippen molar-refractivity contribution in [3.05, 3.63) is 41.0 Å². The van der Waals surface area contributed by atoms with Crippen LogP contribution < -0.4 is 0 Å². The zero-order chi connectivity index (χ0) is 11.3. The van der Waals surface area contributed by atoms with E-state index in [0.717, 1.165) is 11.1 Å². The summed E-state index contributed by atoms with van der Waals surface area (Å²) < 4.78 is 4.90. The summed E-state index contributed by atoms with van der Waals surface area (Å²) >= 11 is 0. The summed E-state index contributed by atoms with van der Waals surface area (Å²) in [4.78, 5) is 10.6. The fourth-order valence-corrected chi connectivity index (χ4v) is 1.30. The number of benzene rings is 1. The second-order valence-electron chi connectivity index (χ2n) is 3.69. The van der Waals surface area contributed by atoms with Crippen LogP contribution in [0.3, 0.4) is 0 Å². The van der Waals surface area contributed by atoms with E-state index in [-0.39, 0.29) is 5.97 Å². The van der Waals surface area contributed by atoms with Gasteiger partial charge in [-0.1, -0.05) is 35.9 Å². The number of carbonyl (C=O) groups is 1. The first-order chi connectivity index (χ1) is 7.08. The van der Waals surface area contributed by atoms with Crippen LogP contribution in [0, 0.1) is 6.92 Å². The smallest absolute Gasteiger partial charge is 0.302 e. The average molecular weight is 204 g/mol. The number of esters is 1. The van der Waals surface area contributed by atoms with Crippen molar-refractivity contribution in [1.29, 1.82) is 0 Å². The van der Waals surface area contributed by atoms with Crippen molar-refractivity contribution in [2.24, 2.45) is 0 Å². The van der Waals surface area contributed by atoms with Gasteiger partial charge < -0.3 is 4.74 Å². The topological polar surface area (TPSA) is 26.3 Å². The van der Waals surface area contributed by atoms with Gasteiger partial charge in [-0.05, 0) is 25.0 Å². The highest BCUT2D eigenvalue weighted by Gasteiger charge is 1.95. The van der Waals surface area contributed by atoms with Crippen LogP contribution >= 0.6 is 0 Å². The van der Waals surface area contributed by atoms with E-state index in [1.807, 2.05) is 25.1 Å². The van der Waals surface area contributed by atoms with Crippen molar-refractivity contribution < 1.29 is 9.53 Å². The molecular weight excluding hydrogens is 188 g/mol. The minimum absolute atomic E-state index is 0.244. The van der Waals surface area contributed by atoms with Gasteiger partial charge in [0.1, 0.15) is 6.61 Å². The van der Waals surface area contributed by atoms with E-state index in [1.54, 1.807) is 0 Å². The van der Waals surface area contributed by atoms with Gasteiger partial charge in [-0.25, -0.2) is 0 Å². The van der Waals surface area contributed by atoms with Crippen LogP contribution in [0.5, 0.6) is 0 Å². The molecule has 0 atom stereocenters. The Balaban J connectivity index is 2.65. The largest absolute Gasteiger partial charge is 0.461 e. The average Bonchev–Trinajstić information content (AvgIpc) is 2.15. The van der Waals surface area contributed by atoms with E-state index in [9.17, 15) is 4.79 Å². The number of hydrogen-bond acceptors (Lipinski definition) is 2. The molecule has 0 saturated heterocycles. The molecule has 2 nitrogen and oxygen atoms in total. The zero-order valence-electron chi connectivity index (χ0n) is 9.41. The predicted octanol–water partition coefficient (Wildman–Crippen LogP) is 2.96. The first-order valence-corrected chi connectivity index (χ1v) is 4.95. The van der Waals surface area contributed by atoms with Crippen molar-refractivity contribution in [2.75, 3.05) is 6.61 Å². The third-order valence-corrected chi connectivity index (χ3v) is 1.96. The van der Waals surface area contributed by atoms with Crippen molar-refractivity contribution >= 4 is 12.0 Å². The van der Waals surface area contributed by atoms with Gasteiger partial charge in [0, 0.05) is 6.92 Å². The Labute approximate surface area is 90.6 Å². The summed E-state index contributed by atoms with van der Waals surface area (Å²) in [7, 11) is 0. The van der Waals surface area contributed by atoms with Gasteiger partial charge in [0.05, 0.1) is 0 Å². The molecule has 0 aliphatic carbocycles. The van der Waals surface area contributed by atoms with Gasteiger partial charge >= 0.3 is 5.97 Å². The summed E-state index contributed by atoms with van der Waals surface area (Å²) in [6, 6.07) is 8.19. The quantitative estimate of drug-likeness (QED) is 0.707. The summed E-state index contributed by atoms with van der Waals surface area (Å²) in [6.45, 7) is 5.78. The molecule has 0 bridgehead atoms. The highest BCUT2D eigenvalue weighted by Crippen LogP contribution is 2.09. The molecule has 0 radical (unpaired) electrons.